The van der Waals surface area contributed by atoms with Crippen molar-refractivity contribution < 1.29 is 9.18 Å². The molecule has 0 spiro atoms. The van der Waals surface area contributed by atoms with Crippen LogP contribution in [-0.2, 0) is 4.79 Å². The monoisotopic (exact) mass is 290 g/mol. The lowest BCUT2D eigenvalue weighted by atomic mass is 10.2. The SMILES string of the molecule is CN(C(=O)CSc1ccc(F)cc1)c1ccc(N)cc1. The number of nitrogens with two attached hydrogens (primary N) is 1. The molecule has 0 atom stereocenters. The number of amides is 1. The van der Waals surface area contributed by atoms with Crippen molar-refractivity contribution in [2.24, 2.45) is 0 Å². The van der Waals surface area contributed by atoms with Crippen molar-refractivity contribution in [3.8, 4) is 0 Å². The fraction of sp³-hybridized carbons (Fsp3) is 0.133. The maximum Gasteiger partial charge on any atom is 0.237 e. The summed E-state index contributed by atoms with van der Waals surface area (Å²) in [4.78, 5) is 14.5. The van der Waals surface area contributed by atoms with Crippen molar-refractivity contribution in [1.29, 1.82) is 0 Å². The molecule has 0 saturated carbocycles. The van der Waals surface area contributed by atoms with Crippen LogP contribution in [0.4, 0.5) is 15.8 Å². The molecular formula is C15H15FN2OS. The summed E-state index contributed by atoms with van der Waals surface area (Å²) in [5, 5.41) is 0. The molecule has 0 bridgehead atoms. The van der Waals surface area contributed by atoms with Gasteiger partial charge in [-0.1, -0.05) is 0 Å². The Kier molecular flexibility index (Phi) is 4.63. The molecule has 0 aliphatic carbocycles. The van der Waals surface area contributed by atoms with Crippen LogP contribution in [-0.4, -0.2) is 18.7 Å². The van der Waals surface area contributed by atoms with Gasteiger partial charge in [-0.2, -0.15) is 0 Å². The van der Waals surface area contributed by atoms with Gasteiger partial charge in [-0.15, -0.1) is 11.8 Å². The zero-order valence-corrected chi connectivity index (χ0v) is 11.9. The molecule has 2 rings (SSSR count). The van der Waals surface area contributed by atoms with Gasteiger partial charge in [-0.25, -0.2) is 4.39 Å². The van der Waals surface area contributed by atoms with Gasteiger partial charge in [0, 0.05) is 23.3 Å². The zero-order chi connectivity index (χ0) is 14.5. The number of anilines is 2. The topological polar surface area (TPSA) is 46.3 Å². The average Bonchev–Trinajstić information content (AvgIpc) is 2.46. The number of hydrogen-bond acceptors (Lipinski definition) is 3. The van der Waals surface area contributed by atoms with E-state index in [0.717, 1.165) is 10.6 Å². The van der Waals surface area contributed by atoms with Gasteiger partial charge in [0.1, 0.15) is 5.82 Å². The van der Waals surface area contributed by atoms with Gasteiger partial charge in [0.05, 0.1) is 5.75 Å². The van der Waals surface area contributed by atoms with E-state index in [0.29, 0.717) is 11.4 Å². The van der Waals surface area contributed by atoms with E-state index in [1.165, 1.54) is 23.9 Å². The number of hydrogen-bond donors (Lipinski definition) is 1. The van der Waals surface area contributed by atoms with E-state index in [2.05, 4.69) is 0 Å². The van der Waals surface area contributed by atoms with E-state index in [1.807, 2.05) is 0 Å². The molecule has 2 aromatic rings. The second-order valence-electron chi connectivity index (χ2n) is 4.29. The highest BCUT2D eigenvalue weighted by molar-refractivity contribution is 8.00. The average molecular weight is 290 g/mol. The quantitative estimate of drug-likeness (QED) is 0.695. The van der Waals surface area contributed by atoms with Crippen molar-refractivity contribution in [2.45, 2.75) is 4.90 Å². The van der Waals surface area contributed by atoms with Crippen LogP contribution in [0.1, 0.15) is 0 Å². The summed E-state index contributed by atoms with van der Waals surface area (Å²) < 4.78 is 12.8. The normalized spacial score (nSPS) is 10.3. The Balaban J connectivity index is 1.94. The molecular weight excluding hydrogens is 275 g/mol. The lowest BCUT2D eigenvalue weighted by Gasteiger charge is -2.17. The summed E-state index contributed by atoms with van der Waals surface area (Å²) in [6.07, 6.45) is 0. The molecule has 1 amide bonds. The van der Waals surface area contributed by atoms with E-state index < -0.39 is 0 Å². The Morgan fingerprint density at radius 1 is 1.15 bits per heavy atom. The molecule has 5 heteroatoms. The minimum absolute atomic E-state index is 0.0240. The minimum Gasteiger partial charge on any atom is -0.399 e. The lowest BCUT2D eigenvalue weighted by Crippen LogP contribution is -2.27. The molecule has 0 unspecified atom stereocenters. The van der Waals surface area contributed by atoms with Crippen LogP contribution < -0.4 is 10.6 Å². The largest absolute Gasteiger partial charge is 0.399 e. The highest BCUT2D eigenvalue weighted by Crippen LogP contribution is 2.20. The van der Waals surface area contributed by atoms with E-state index in [4.69, 9.17) is 5.73 Å². The summed E-state index contributed by atoms with van der Waals surface area (Å²) in [5.74, 6) is -0.00395. The van der Waals surface area contributed by atoms with Crippen LogP contribution in [0.2, 0.25) is 0 Å². The first-order valence-electron chi connectivity index (χ1n) is 6.07. The van der Waals surface area contributed by atoms with Crippen molar-refractivity contribution in [1.82, 2.24) is 0 Å². The molecule has 0 aromatic heterocycles. The van der Waals surface area contributed by atoms with Crippen molar-refractivity contribution in [3.63, 3.8) is 0 Å². The second-order valence-corrected chi connectivity index (χ2v) is 5.34. The van der Waals surface area contributed by atoms with E-state index in [-0.39, 0.29) is 11.7 Å². The molecule has 2 N–H and O–H groups in total. The van der Waals surface area contributed by atoms with Gasteiger partial charge < -0.3 is 10.6 Å². The predicted molar refractivity (Wildman–Crippen MR) is 81.4 cm³/mol. The molecule has 2 aromatic carbocycles. The lowest BCUT2D eigenvalue weighted by molar-refractivity contribution is -0.115. The fourth-order valence-corrected chi connectivity index (χ4v) is 2.43. The van der Waals surface area contributed by atoms with E-state index in [9.17, 15) is 9.18 Å². The zero-order valence-electron chi connectivity index (χ0n) is 11.0. The Labute approximate surface area is 121 Å². The number of carbonyl (C=O) groups is 1. The van der Waals surface area contributed by atoms with Gasteiger partial charge in [0.25, 0.3) is 0 Å². The number of benzene rings is 2. The number of nitrogen functional groups attached to an aromatic ring is 1. The molecule has 20 heavy (non-hydrogen) atoms. The van der Waals surface area contributed by atoms with Crippen LogP contribution in [0, 0.1) is 5.82 Å². The van der Waals surface area contributed by atoms with Crippen LogP contribution >= 0.6 is 11.8 Å². The standard InChI is InChI=1S/C15H15FN2OS/c1-18(13-6-4-12(17)5-7-13)15(19)10-20-14-8-2-11(16)3-9-14/h2-9H,10,17H2,1H3. The fourth-order valence-electron chi connectivity index (χ4n) is 1.61. The molecule has 0 radical (unpaired) electrons. The van der Waals surface area contributed by atoms with Crippen molar-refractivity contribution >= 4 is 29.0 Å². The molecule has 0 fully saturated rings. The minimum atomic E-state index is -0.278. The summed E-state index contributed by atoms with van der Waals surface area (Å²) >= 11 is 1.38. The highest BCUT2D eigenvalue weighted by Gasteiger charge is 2.11. The molecule has 0 aliphatic rings. The molecule has 104 valence electrons. The number of nitrogens with zero attached hydrogens (tertiary/aromatic N) is 1. The molecule has 0 aliphatic heterocycles. The predicted octanol–water partition coefficient (Wildman–Crippen LogP) is 3.16. The maximum atomic E-state index is 12.8. The van der Waals surface area contributed by atoms with Gasteiger partial charge in [-0.05, 0) is 48.5 Å². The second kappa shape index (κ2) is 6.43. The molecule has 0 saturated heterocycles. The Morgan fingerprint density at radius 2 is 1.75 bits per heavy atom. The van der Waals surface area contributed by atoms with Crippen LogP contribution in [0.5, 0.6) is 0 Å². The first kappa shape index (κ1) is 14.4. The molecule has 3 nitrogen and oxygen atoms in total. The summed E-state index contributed by atoms with van der Waals surface area (Å²) in [7, 11) is 1.72. The van der Waals surface area contributed by atoms with Gasteiger partial charge >= 0.3 is 0 Å². The number of carbonyl (C=O) groups excluding carboxylic acids is 1. The first-order chi connectivity index (χ1) is 9.56. The van der Waals surface area contributed by atoms with Gasteiger partial charge in [0.15, 0.2) is 0 Å². The number of halogens is 1. The van der Waals surface area contributed by atoms with Crippen LogP contribution in [0.15, 0.2) is 53.4 Å². The third-order valence-electron chi connectivity index (χ3n) is 2.83. The summed E-state index contributed by atoms with van der Waals surface area (Å²) in [6.45, 7) is 0. The molecule has 0 heterocycles. The first-order valence-corrected chi connectivity index (χ1v) is 7.05. The Hall–Kier alpha value is -2.01. The smallest absolute Gasteiger partial charge is 0.237 e. The highest BCUT2D eigenvalue weighted by atomic mass is 32.2. The Bertz CT molecular complexity index is 584. The van der Waals surface area contributed by atoms with E-state index in [1.54, 1.807) is 48.3 Å². The third kappa shape index (κ3) is 3.74. The van der Waals surface area contributed by atoms with Gasteiger partial charge in [0.2, 0.25) is 5.91 Å². The van der Waals surface area contributed by atoms with Crippen LogP contribution in [0.3, 0.4) is 0 Å². The summed E-state index contributed by atoms with van der Waals surface area (Å²) in [5.41, 5.74) is 7.07. The maximum absolute atomic E-state index is 12.8. The van der Waals surface area contributed by atoms with Crippen molar-refractivity contribution in [2.75, 3.05) is 23.4 Å². The number of rotatable bonds is 4. The number of thioether (sulfide) groups is 1. The van der Waals surface area contributed by atoms with Crippen molar-refractivity contribution in [3.05, 3.63) is 54.3 Å². The van der Waals surface area contributed by atoms with E-state index >= 15 is 0 Å². The third-order valence-corrected chi connectivity index (χ3v) is 3.83. The Morgan fingerprint density at radius 3 is 2.35 bits per heavy atom. The van der Waals surface area contributed by atoms with Crippen LogP contribution in [0.25, 0.3) is 0 Å². The summed E-state index contributed by atoms with van der Waals surface area (Å²) in [6, 6.07) is 13.2. The van der Waals surface area contributed by atoms with Gasteiger partial charge in [-0.3, -0.25) is 4.79 Å².